The minimum atomic E-state index is -0.757. The van der Waals surface area contributed by atoms with Crippen LogP contribution < -0.4 is 15.4 Å². The summed E-state index contributed by atoms with van der Waals surface area (Å²) >= 11 is 1.33. The van der Waals surface area contributed by atoms with Crippen molar-refractivity contribution in [3.8, 4) is 16.9 Å². The number of hydrogen-bond donors (Lipinski definition) is 2. The lowest BCUT2D eigenvalue weighted by Crippen LogP contribution is -2.30. The summed E-state index contributed by atoms with van der Waals surface area (Å²) in [6, 6.07) is 20.1. The molecule has 1 aromatic heterocycles. The van der Waals surface area contributed by atoms with Crippen LogP contribution in [0.15, 0.2) is 66.7 Å². The van der Waals surface area contributed by atoms with Gasteiger partial charge in [-0.25, -0.2) is 4.79 Å². The van der Waals surface area contributed by atoms with Gasteiger partial charge in [0.15, 0.2) is 6.10 Å². The van der Waals surface area contributed by atoms with E-state index >= 15 is 0 Å². The second-order valence-electron chi connectivity index (χ2n) is 9.83. The Morgan fingerprint density at radius 1 is 0.878 bits per heavy atom. The average molecular weight is 571 g/mol. The molecule has 4 rings (SSSR count). The summed E-state index contributed by atoms with van der Waals surface area (Å²) in [5, 5.41) is 6.28. The highest BCUT2D eigenvalue weighted by atomic mass is 32.1. The Hall–Kier alpha value is -4.43. The SMILES string of the molecule is CCOC(=O)c1c(NC(=O)c2ccc(O[C@@H](C)C(=O)Nc3c(C)cc(C)cc3C)cc2)sc(C)c1-c1ccccc1. The van der Waals surface area contributed by atoms with Crippen LogP contribution in [0.5, 0.6) is 5.75 Å². The molecule has 4 aromatic rings. The molecule has 0 unspecified atom stereocenters. The molecular weight excluding hydrogens is 536 g/mol. The first-order valence-corrected chi connectivity index (χ1v) is 14.2. The molecule has 1 atom stereocenters. The van der Waals surface area contributed by atoms with E-state index in [-0.39, 0.29) is 18.4 Å². The number of benzene rings is 3. The van der Waals surface area contributed by atoms with Gasteiger partial charge < -0.3 is 20.1 Å². The van der Waals surface area contributed by atoms with E-state index in [1.165, 1.54) is 11.3 Å². The maximum absolute atomic E-state index is 13.2. The molecule has 0 bridgehead atoms. The van der Waals surface area contributed by atoms with Crippen LogP contribution in [0.2, 0.25) is 0 Å². The molecule has 0 fully saturated rings. The van der Waals surface area contributed by atoms with Crippen LogP contribution in [0.25, 0.3) is 11.1 Å². The normalized spacial score (nSPS) is 11.5. The van der Waals surface area contributed by atoms with Gasteiger partial charge in [0, 0.05) is 21.7 Å². The fourth-order valence-electron chi connectivity index (χ4n) is 4.70. The molecule has 0 aliphatic heterocycles. The number of ether oxygens (including phenoxy) is 2. The van der Waals surface area contributed by atoms with Crippen molar-refractivity contribution >= 4 is 39.8 Å². The number of anilines is 2. The van der Waals surface area contributed by atoms with Gasteiger partial charge in [-0.1, -0.05) is 48.0 Å². The van der Waals surface area contributed by atoms with Crippen molar-refractivity contribution in [2.45, 2.75) is 47.6 Å². The number of hydrogen-bond acceptors (Lipinski definition) is 6. The standard InChI is InChI=1S/C33H34N2O5S/c1-7-39-33(38)28-27(24-11-9-8-10-12-24)23(6)41-32(28)35-31(37)25-13-15-26(16-14-25)40-22(5)30(36)34-29-20(3)17-19(2)18-21(29)4/h8-18,22H,7H2,1-6H3,(H,34,36)(H,35,37)/t22-/m0/s1. The molecule has 41 heavy (non-hydrogen) atoms. The van der Waals surface area contributed by atoms with E-state index in [0.29, 0.717) is 21.9 Å². The van der Waals surface area contributed by atoms with Gasteiger partial charge in [0.05, 0.1) is 6.61 Å². The molecule has 8 heteroatoms. The smallest absolute Gasteiger partial charge is 0.341 e. The van der Waals surface area contributed by atoms with E-state index in [4.69, 9.17) is 9.47 Å². The van der Waals surface area contributed by atoms with Crippen LogP contribution in [-0.4, -0.2) is 30.5 Å². The number of esters is 1. The Morgan fingerprint density at radius 2 is 1.51 bits per heavy atom. The van der Waals surface area contributed by atoms with Crippen LogP contribution >= 0.6 is 11.3 Å². The number of carbonyl (C=O) groups is 3. The summed E-state index contributed by atoms with van der Waals surface area (Å²) in [5.74, 6) is -0.681. The third-order valence-electron chi connectivity index (χ3n) is 6.58. The van der Waals surface area contributed by atoms with Gasteiger partial charge in [-0.3, -0.25) is 9.59 Å². The zero-order chi connectivity index (χ0) is 29.7. The van der Waals surface area contributed by atoms with E-state index in [2.05, 4.69) is 10.6 Å². The van der Waals surface area contributed by atoms with Crippen molar-refractivity contribution < 1.29 is 23.9 Å². The number of aryl methyl sites for hydroxylation is 4. The second-order valence-corrected chi connectivity index (χ2v) is 11.1. The van der Waals surface area contributed by atoms with E-state index in [9.17, 15) is 14.4 Å². The van der Waals surface area contributed by atoms with E-state index in [1.807, 2.05) is 70.2 Å². The fourth-order valence-corrected chi connectivity index (χ4v) is 5.76. The zero-order valence-corrected chi connectivity index (χ0v) is 24.9. The minimum Gasteiger partial charge on any atom is -0.481 e. The summed E-state index contributed by atoms with van der Waals surface area (Å²) < 4.78 is 11.2. The van der Waals surface area contributed by atoms with Crippen molar-refractivity contribution in [2.75, 3.05) is 17.2 Å². The van der Waals surface area contributed by atoms with Gasteiger partial charge in [0.1, 0.15) is 16.3 Å². The van der Waals surface area contributed by atoms with E-state index in [0.717, 1.165) is 38.4 Å². The number of amides is 2. The number of thiophene rings is 1. The predicted molar refractivity (Wildman–Crippen MR) is 164 cm³/mol. The molecule has 0 radical (unpaired) electrons. The molecule has 0 saturated carbocycles. The largest absolute Gasteiger partial charge is 0.481 e. The average Bonchev–Trinajstić information content (AvgIpc) is 3.26. The molecule has 0 aliphatic rings. The minimum absolute atomic E-state index is 0.220. The highest BCUT2D eigenvalue weighted by Crippen LogP contribution is 2.40. The molecule has 2 N–H and O–H groups in total. The van der Waals surface area contributed by atoms with Gasteiger partial charge in [0.25, 0.3) is 11.8 Å². The molecule has 3 aromatic carbocycles. The summed E-state index contributed by atoms with van der Waals surface area (Å²) in [5.41, 5.74) is 6.23. The number of rotatable bonds is 9. The van der Waals surface area contributed by atoms with Gasteiger partial charge >= 0.3 is 5.97 Å². The molecule has 0 spiro atoms. The first kappa shape index (κ1) is 29.6. The molecule has 212 valence electrons. The Labute approximate surface area is 244 Å². The van der Waals surface area contributed by atoms with Gasteiger partial charge in [-0.15, -0.1) is 11.3 Å². The third-order valence-corrected chi connectivity index (χ3v) is 7.60. The predicted octanol–water partition coefficient (Wildman–Crippen LogP) is 7.48. The van der Waals surface area contributed by atoms with Crippen molar-refractivity contribution in [3.05, 3.63) is 99.4 Å². The van der Waals surface area contributed by atoms with Crippen molar-refractivity contribution in [3.63, 3.8) is 0 Å². The lowest BCUT2D eigenvalue weighted by atomic mass is 10.0. The van der Waals surface area contributed by atoms with Crippen molar-refractivity contribution in [1.29, 1.82) is 0 Å². The fraction of sp³-hybridized carbons (Fsp3) is 0.242. The molecule has 7 nitrogen and oxygen atoms in total. The summed E-state index contributed by atoms with van der Waals surface area (Å²) in [7, 11) is 0. The molecule has 0 saturated heterocycles. The van der Waals surface area contributed by atoms with Crippen molar-refractivity contribution in [2.24, 2.45) is 0 Å². The van der Waals surface area contributed by atoms with Gasteiger partial charge in [0.2, 0.25) is 0 Å². The quantitative estimate of drug-likeness (QED) is 0.204. The first-order chi connectivity index (χ1) is 19.6. The van der Waals surface area contributed by atoms with E-state index in [1.54, 1.807) is 38.1 Å². The zero-order valence-electron chi connectivity index (χ0n) is 24.1. The lowest BCUT2D eigenvalue weighted by Gasteiger charge is -2.18. The molecule has 1 heterocycles. The highest BCUT2D eigenvalue weighted by molar-refractivity contribution is 7.17. The van der Waals surface area contributed by atoms with E-state index < -0.39 is 12.1 Å². The number of nitrogens with one attached hydrogen (secondary N) is 2. The Bertz CT molecular complexity index is 1550. The van der Waals surface area contributed by atoms with Crippen LogP contribution in [-0.2, 0) is 9.53 Å². The van der Waals surface area contributed by atoms with Gasteiger partial charge in [-0.2, -0.15) is 0 Å². The summed E-state index contributed by atoms with van der Waals surface area (Å²) in [6.45, 7) is 11.5. The van der Waals surface area contributed by atoms with Crippen LogP contribution in [0.1, 0.15) is 56.1 Å². The first-order valence-electron chi connectivity index (χ1n) is 13.4. The maximum Gasteiger partial charge on any atom is 0.341 e. The second kappa shape index (κ2) is 12.8. The van der Waals surface area contributed by atoms with Crippen molar-refractivity contribution in [1.82, 2.24) is 0 Å². The third kappa shape index (κ3) is 6.84. The topological polar surface area (TPSA) is 93.7 Å². The summed E-state index contributed by atoms with van der Waals surface area (Å²) in [4.78, 5) is 39.8. The molecular formula is C33H34N2O5S. The van der Waals surface area contributed by atoms with Gasteiger partial charge in [-0.05, 0) is 82.5 Å². The Morgan fingerprint density at radius 3 is 2.12 bits per heavy atom. The molecule has 0 aliphatic carbocycles. The van der Waals surface area contributed by atoms with Crippen LogP contribution in [0, 0.1) is 27.7 Å². The lowest BCUT2D eigenvalue weighted by molar-refractivity contribution is -0.122. The van der Waals surface area contributed by atoms with Crippen LogP contribution in [0.3, 0.4) is 0 Å². The van der Waals surface area contributed by atoms with Crippen LogP contribution in [0.4, 0.5) is 10.7 Å². The highest BCUT2D eigenvalue weighted by Gasteiger charge is 2.26. The number of carbonyl (C=O) groups excluding carboxylic acids is 3. The Balaban J connectivity index is 1.47. The monoisotopic (exact) mass is 570 g/mol. The molecule has 2 amide bonds. The summed E-state index contributed by atoms with van der Waals surface area (Å²) in [6.07, 6.45) is -0.757. The Kier molecular flexibility index (Phi) is 9.24. The maximum atomic E-state index is 13.2.